The molecule has 0 aliphatic rings. The molecule has 0 aliphatic heterocycles. The molecule has 0 spiro atoms. The molecule has 4 aromatic rings. The number of hydrogen-bond donors (Lipinski definition) is 2. The topological polar surface area (TPSA) is 131 Å². The molecular formula is C32H41N3O7S2. The number of aromatic nitrogens is 1. The van der Waals surface area contributed by atoms with Gasteiger partial charge in [0, 0.05) is 23.9 Å². The Morgan fingerprint density at radius 3 is 2.48 bits per heavy atom. The molecule has 2 atom stereocenters. The molecule has 0 saturated carbocycles. The number of rotatable bonds is 13. The van der Waals surface area contributed by atoms with Crippen LogP contribution in [0.25, 0.3) is 11.0 Å². The van der Waals surface area contributed by atoms with Crippen molar-refractivity contribution in [3.8, 4) is 5.75 Å². The lowest BCUT2D eigenvalue weighted by atomic mass is 10.0. The number of alkyl carbamates (subject to hydrolysis) is 1. The van der Waals surface area contributed by atoms with E-state index in [0.29, 0.717) is 23.3 Å². The van der Waals surface area contributed by atoms with Crippen molar-refractivity contribution in [3.05, 3.63) is 76.4 Å². The van der Waals surface area contributed by atoms with Gasteiger partial charge >= 0.3 is 6.09 Å². The van der Waals surface area contributed by atoms with Gasteiger partial charge < -0.3 is 24.3 Å². The summed E-state index contributed by atoms with van der Waals surface area (Å²) in [4.78, 5) is 17.3. The molecule has 238 valence electrons. The third-order valence-electron chi connectivity index (χ3n) is 6.62. The monoisotopic (exact) mass is 643 g/mol. The number of benzene rings is 2. The summed E-state index contributed by atoms with van der Waals surface area (Å²) in [5.74, 6) is 0.632. The van der Waals surface area contributed by atoms with Gasteiger partial charge in [0.05, 0.1) is 34.0 Å². The van der Waals surface area contributed by atoms with Crippen molar-refractivity contribution in [2.24, 2.45) is 5.92 Å². The number of amides is 1. The summed E-state index contributed by atoms with van der Waals surface area (Å²) in [7, 11) is -3.99. The Labute approximate surface area is 263 Å². The summed E-state index contributed by atoms with van der Waals surface area (Å²) in [6, 6.07) is 12.8. The zero-order chi connectivity index (χ0) is 32.1. The third-order valence-corrected chi connectivity index (χ3v) is 9.27. The second-order valence-electron chi connectivity index (χ2n) is 12.2. The molecule has 2 aromatic heterocycles. The first-order valence-corrected chi connectivity index (χ1v) is 16.8. The smallest absolute Gasteiger partial charge is 0.407 e. The Hall–Kier alpha value is -3.45. The van der Waals surface area contributed by atoms with Crippen LogP contribution < -0.4 is 10.1 Å². The number of aryl methyl sites for hydroxylation is 1. The van der Waals surface area contributed by atoms with Gasteiger partial charge in [-0.25, -0.2) is 18.2 Å². The number of sulfonamides is 1. The van der Waals surface area contributed by atoms with Gasteiger partial charge in [-0.05, 0) is 82.0 Å². The van der Waals surface area contributed by atoms with Crippen LogP contribution in [0.3, 0.4) is 0 Å². The molecule has 0 fully saturated rings. The lowest BCUT2D eigenvalue weighted by Gasteiger charge is -2.31. The Morgan fingerprint density at radius 2 is 1.84 bits per heavy atom. The zero-order valence-electron chi connectivity index (χ0n) is 25.9. The van der Waals surface area contributed by atoms with Crippen LogP contribution in [0.5, 0.6) is 5.75 Å². The van der Waals surface area contributed by atoms with Gasteiger partial charge in [0.1, 0.15) is 23.5 Å². The number of furan rings is 1. The Bertz CT molecular complexity index is 1640. The van der Waals surface area contributed by atoms with Crippen LogP contribution in [-0.4, -0.2) is 59.7 Å². The lowest BCUT2D eigenvalue weighted by molar-refractivity contribution is 0.0400. The second-order valence-corrected chi connectivity index (χ2v) is 15.2. The Morgan fingerprint density at radius 1 is 1.11 bits per heavy atom. The van der Waals surface area contributed by atoms with Crippen molar-refractivity contribution in [2.45, 2.75) is 77.2 Å². The molecule has 0 aliphatic carbocycles. The number of nitrogens with one attached hydrogen (secondary N) is 1. The molecule has 2 aromatic carbocycles. The minimum absolute atomic E-state index is 0.0207. The summed E-state index contributed by atoms with van der Waals surface area (Å²) in [6.45, 7) is 11.3. The Balaban J connectivity index is 1.53. The molecule has 44 heavy (non-hydrogen) atoms. The van der Waals surface area contributed by atoms with Crippen molar-refractivity contribution in [1.29, 1.82) is 0 Å². The molecule has 0 bridgehead atoms. The van der Waals surface area contributed by atoms with Crippen molar-refractivity contribution in [3.63, 3.8) is 0 Å². The van der Waals surface area contributed by atoms with E-state index in [0.717, 1.165) is 16.3 Å². The van der Waals surface area contributed by atoms with Crippen LogP contribution in [0.15, 0.2) is 69.5 Å². The van der Waals surface area contributed by atoms with E-state index in [1.165, 1.54) is 16.6 Å². The summed E-state index contributed by atoms with van der Waals surface area (Å²) in [5, 5.41) is 17.9. The van der Waals surface area contributed by atoms with E-state index in [2.05, 4.69) is 10.3 Å². The van der Waals surface area contributed by atoms with Gasteiger partial charge in [-0.15, -0.1) is 11.3 Å². The fourth-order valence-corrected chi connectivity index (χ4v) is 6.87. The molecule has 0 radical (unpaired) electrons. The lowest BCUT2D eigenvalue weighted by Crippen LogP contribution is -2.51. The van der Waals surface area contributed by atoms with E-state index in [1.54, 1.807) is 50.3 Å². The maximum Gasteiger partial charge on any atom is 0.407 e. The van der Waals surface area contributed by atoms with E-state index >= 15 is 0 Å². The number of aliphatic hydroxyl groups excluding tert-OH is 1. The minimum Gasteiger partial charge on any atom is -0.487 e. The van der Waals surface area contributed by atoms with Gasteiger partial charge in [-0.3, -0.25) is 0 Å². The van der Waals surface area contributed by atoms with Gasteiger partial charge in [0.25, 0.3) is 0 Å². The predicted octanol–water partition coefficient (Wildman–Crippen LogP) is 5.92. The standard InChI is InChI=1S/C32H41N3O7S2/c1-21(2)17-35(44(38,39)27-11-12-30-24(16-27)13-14-40-30)18-29(36)28(34-31(37)42-32(4,5)6)15-23-7-9-26(10-8-23)41-19-25-20-43-22(3)33-25/h7-14,16,20-21,28-29,36H,15,17-19H2,1-6H3,(H,34,37)/t28-,29+/m0/s1. The average molecular weight is 644 g/mol. The molecular weight excluding hydrogens is 603 g/mol. The summed E-state index contributed by atoms with van der Waals surface area (Å²) >= 11 is 1.56. The maximum absolute atomic E-state index is 13.8. The highest BCUT2D eigenvalue weighted by Gasteiger charge is 2.32. The quantitative estimate of drug-likeness (QED) is 0.184. The van der Waals surface area contributed by atoms with Gasteiger partial charge in [-0.2, -0.15) is 4.31 Å². The molecule has 12 heteroatoms. The van der Waals surface area contributed by atoms with Gasteiger partial charge in [0.15, 0.2) is 0 Å². The first-order chi connectivity index (χ1) is 20.7. The normalized spacial score (nSPS) is 13.8. The third kappa shape index (κ3) is 9.28. The second kappa shape index (κ2) is 14.1. The fraction of sp³-hybridized carbons (Fsp3) is 0.438. The number of ether oxygens (including phenoxy) is 2. The summed E-state index contributed by atoms with van der Waals surface area (Å²) in [5.41, 5.74) is 1.49. The van der Waals surface area contributed by atoms with Crippen molar-refractivity contribution >= 4 is 38.4 Å². The van der Waals surface area contributed by atoms with E-state index in [1.807, 2.05) is 50.4 Å². The SMILES string of the molecule is Cc1nc(COc2ccc(C[C@H](NC(=O)OC(C)(C)C)[C@H](O)CN(CC(C)C)S(=O)(=O)c3ccc4occc4c3)cc2)cs1. The fourth-order valence-electron chi connectivity index (χ4n) is 4.62. The van der Waals surface area contributed by atoms with E-state index in [4.69, 9.17) is 13.9 Å². The van der Waals surface area contributed by atoms with Crippen molar-refractivity contribution in [2.75, 3.05) is 13.1 Å². The number of carbonyl (C=O) groups excluding carboxylic acids is 1. The number of carbonyl (C=O) groups is 1. The van der Waals surface area contributed by atoms with Crippen LogP contribution in [-0.2, 0) is 27.8 Å². The molecule has 10 nitrogen and oxygen atoms in total. The molecule has 2 heterocycles. The number of nitrogens with zero attached hydrogens (tertiary/aromatic N) is 2. The number of hydrogen-bond acceptors (Lipinski definition) is 9. The number of thiazole rings is 1. The van der Waals surface area contributed by atoms with E-state index in [9.17, 15) is 18.3 Å². The van der Waals surface area contributed by atoms with Gasteiger partial charge in [-0.1, -0.05) is 26.0 Å². The molecule has 0 saturated heterocycles. The Kier molecular flexibility index (Phi) is 10.7. The van der Waals surface area contributed by atoms with Crippen LogP contribution in [0.1, 0.15) is 50.9 Å². The highest BCUT2D eigenvalue weighted by atomic mass is 32.2. The maximum atomic E-state index is 13.8. The zero-order valence-corrected chi connectivity index (χ0v) is 27.6. The van der Waals surface area contributed by atoms with Crippen LogP contribution >= 0.6 is 11.3 Å². The summed E-state index contributed by atoms with van der Waals surface area (Å²) in [6.07, 6.45) is -0.228. The molecule has 1 amide bonds. The predicted molar refractivity (Wildman–Crippen MR) is 170 cm³/mol. The molecule has 2 N–H and O–H groups in total. The highest BCUT2D eigenvalue weighted by molar-refractivity contribution is 7.89. The average Bonchev–Trinajstić information content (AvgIpc) is 3.58. The molecule has 4 rings (SSSR count). The first kappa shape index (κ1) is 33.4. The largest absolute Gasteiger partial charge is 0.487 e. The minimum atomic E-state index is -3.99. The van der Waals surface area contributed by atoms with E-state index < -0.39 is 33.9 Å². The van der Waals surface area contributed by atoms with Crippen LogP contribution in [0.4, 0.5) is 4.79 Å². The van der Waals surface area contributed by atoms with E-state index in [-0.39, 0.29) is 30.3 Å². The molecule has 0 unspecified atom stereocenters. The van der Waals surface area contributed by atoms with Gasteiger partial charge in [0.2, 0.25) is 10.0 Å². The number of fused-ring (bicyclic) bond motifs is 1. The van der Waals surface area contributed by atoms with Crippen LogP contribution in [0.2, 0.25) is 0 Å². The number of aliphatic hydroxyl groups is 1. The van der Waals surface area contributed by atoms with Crippen molar-refractivity contribution < 1.29 is 32.2 Å². The van der Waals surface area contributed by atoms with Crippen LogP contribution in [0, 0.1) is 12.8 Å². The first-order valence-electron chi connectivity index (χ1n) is 14.5. The summed E-state index contributed by atoms with van der Waals surface area (Å²) < 4.78 is 45.6. The van der Waals surface area contributed by atoms with Crippen molar-refractivity contribution in [1.82, 2.24) is 14.6 Å². The highest BCUT2D eigenvalue weighted by Crippen LogP contribution is 2.25.